The summed E-state index contributed by atoms with van der Waals surface area (Å²) in [4.78, 5) is 0. The van der Waals surface area contributed by atoms with Crippen LogP contribution in [0, 0.1) is 6.92 Å². The van der Waals surface area contributed by atoms with Crippen molar-refractivity contribution in [3.63, 3.8) is 0 Å². The van der Waals surface area contributed by atoms with E-state index < -0.39 is 0 Å². The summed E-state index contributed by atoms with van der Waals surface area (Å²) in [6, 6.07) is 8.54. The Balaban J connectivity index is 2.14. The standard InChI is InChI=1S/C12H17NO/c1-9-4-3-5-11(6-9)12-8-13-7-10(2)14-12/h3-6,10,12-13H,7-8H2,1-2H3/t10-,12+/m1/s1. The van der Waals surface area contributed by atoms with Crippen molar-refractivity contribution in [1.82, 2.24) is 5.32 Å². The number of benzene rings is 1. The van der Waals surface area contributed by atoms with Gasteiger partial charge in [-0.3, -0.25) is 0 Å². The van der Waals surface area contributed by atoms with Crippen LogP contribution >= 0.6 is 0 Å². The number of rotatable bonds is 1. The van der Waals surface area contributed by atoms with Gasteiger partial charge in [-0.25, -0.2) is 0 Å². The Bertz CT molecular complexity index is 311. The Hall–Kier alpha value is -0.860. The first-order chi connectivity index (χ1) is 6.75. The number of morpholine rings is 1. The van der Waals surface area contributed by atoms with E-state index in [4.69, 9.17) is 4.74 Å². The van der Waals surface area contributed by atoms with Gasteiger partial charge in [0.15, 0.2) is 0 Å². The Kier molecular flexibility index (Phi) is 2.85. The second kappa shape index (κ2) is 4.11. The molecule has 1 saturated heterocycles. The normalized spacial score (nSPS) is 27.6. The summed E-state index contributed by atoms with van der Waals surface area (Å²) >= 11 is 0. The molecule has 0 aromatic heterocycles. The van der Waals surface area contributed by atoms with Crippen molar-refractivity contribution in [3.8, 4) is 0 Å². The molecule has 0 bridgehead atoms. The Morgan fingerprint density at radius 1 is 1.36 bits per heavy atom. The fourth-order valence-corrected chi connectivity index (χ4v) is 1.86. The van der Waals surface area contributed by atoms with Crippen LogP contribution in [0.2, 0.25) is 0 Å². The molecule has 14 heavy (non-hydrogen) atoms. The molecule has 0 saturated carbocycles. The summed E-state index contributed by atoms with van der Waals surface area (Å²) in [6.45, 7) is 6.11. The highest BCUT2D eigenvalue weighted by Gasteiger charge is 2.19. The maximum atomic E-state index is 5.86. The highest BCUT2D eigenvalue weighted by molar-refractivity contribution is 5.24. The van der Waals surface area contributed by atoms with Gasteiger partial charge in [-0.1, -0.05) is 29.8 Å². The fourth-order valence-electron chi connectivity index (χ4n) is 1.86. The molecule has 2 nitrogen and oxygen atoms in total. The van der Waals surface area contributed by atoms with Crippen molar-refractivity contribution in [1.29, 1.82) is 0 Å². The quantitative estimate of drug-likeness (QED) is 0.733. The van der Waals surface area contributed by atoms with E-state index in [9.17, 15) is 0 Å². The Morgan fingerprint density at radius 3 is 2.93 bits per heavy atom. The Labute approximate surface area is 85.3 Å². The van der Waals surface area contributed by atoms with Gasteiger partial charge in [-0.2, -0.15) is 0 Å². The highest BCUT2D eigenvalue weighted by atomic mass is 16.5. The number of hydrogen-bond donors (Lipinski definition) is 1. The average molecular weight is 191 g/mol. The molecule has 1 fully saturated rings. The van der Waals surface area contributed by atoms with Crippen molar-refractivity contribution in [2.75, 3.05) is 13.1 Å². The number of ether oxygens (including phenoxy) is 1. The second-order valence-electron chi connectivity index (χ2n) is 4.01. The highest BCUT2D eigenvalue weighted by Crippen LogP contribution is 2.21. The van der Waals surface area contributed by atoms with Gasteiger partial charge in [0.05, 0.1) is 12.2 Å². The van der Waals surface area contributed by atoms with Gasteiger partial charge in [-0.05, 0) is 19.4 Å². The Morgan fingerprint density at radius 2 is 2.21 bits per heavy atom. The van der Waals surface area contributed by atoms with E-state index in [0.29, 0.717) is 6.10 Å². The van der Waals surface area contributed by atoms with Gasteiger partial charge in [0.2, 0.25) is 0 Å². The molecule has 1 aliphatic heterocycles. The van der Waals surface area contributed by atoms with Crippen molar-refractivity contribution in [2.45, 2.75) is 26.1 Å². The molecule has 0 unspecified atom stereocenters. The molecule has 1 N–H and O–H groups in total. The first-order valence-electron chi connectivity index (χ1n) is 5.18. The van der Waals surface area contributed by atoms with Crippen molar-refractivity contribution in [2.24, 2.45) is 0 Å². The molecule has 0 radical (unpaired) electrons. The lowest BCUT2D eigenvalue weighted by Gasteiger charge is -2.29. The number of aryl methyl sites for hydroxylation is 1. The van der Waals surface area contributed by atoms with Gasteiger partial charge in [0.25, 0.3) is 0 Å². The third-order valence-electron chi connectivity index (χ3n) is 2.57. The molecule has 1 heterocycles. The van der Waals surface area contributed by atoms with Crippen LogP contribution in [0.25, 0.3) is 0 Å². The fraction of sp³-hybridized carbons (Fsp3) is 0.500. The zero-order valence-electron chi connectivity index (χ0n) is 8.79. The molecule has 0 aliphatic carbocycles. The summed E-state index contributed by atoms with van der Waals surface area (Å²) in [5, 5.41) is 3.38. The van der Waals surface area contributed by atoms with Crippen LogP contribution in [-0.4, -0.2) is 19.2 Å². The van der Waals surface area contributed by atoms with E-state index in [1.165, 1.54) is 11.1 Å². The van der Waals surface area contributed by atoms with E-state index in [1.807, 2.05) is 0 Å². The van der Waals surface area contributed by atoms with Crippen LogP contribution in [0.15, 0.2) is 24.3 Å². The number of nitrogens with one attached hydrogen (secondary N) is 1. The van der Waals surface area contributed by atoms with Gasteiger partial charge < -0.3 is 10.1 Å². The largest absolute Gasteiger partial charge is 0.368 e. The average Bonchev–Trinajstić information content (AvgIpc) is 2.18. The molecule has 76 valence electrons. The first-order valence-corrected chi connectivity index (χ1v) is 5.18. The SMILES string of the molecule is Cc1cccc([C@@H]2CNC[C@@H](C)O2)c1. The summed E-state index contributed by atoms with van der Waals surface area (Å²) in [6.07, 6.45) is 0.535. The lowest BCUT2D eigenvalue weighted by Crippen LogP contribution is -2.38. The van der Waals surface area contributed by atoms with Crippen LogP contribution in [0.5, 0.6) is 0 Å². The van der Waals surface area contributed by atoms with Gasteiger partial charge in [-0.15, -0.1) is 0 Å². The minimum atomic E-state index is 0.221. The summed E-state index contributed by atoms with van der Waals surface area (Å²) < 4.78 is 5.86. The third-order valence-corrected chi connectivity index (χ3v) is 2.57. The maximum Gasteiger partial charge on any atom is 0.0953 e. The molecule has 1 aliphatic rings. The van der Waals surface area contributed by atoms with Crippen molar-refractivity contribution >= 4 is 0 Å². The van der Waals surface area contributed by atoms with Gasteiger partial charge in [0.1, 0.15) is 0 Å². The first kappa shape index (κ1) is 9.69. The monoisotopic (exact) mass is 191 g/mol. The van der Waals surface area contributed by atoms with Crippen LogP contribution in [0.3, 0.4) is 0 Å². The second-order valence-corrected chi connectivity index (χ2v) is 4.01. The number of hydrogen-bond acceptors (Lipinski definition) is 2. The van der Waals surface area contributed by atoms with E-state index in [2.05, 4.69) is 43.4 Å². The topological polar surface area (TPSA) is 21.3 Å². The van der Waals surface area contributed by atoms with Gasteiger partial charge in [0, 0.05) is 13.1 Å². The predicted octanol–water partition coefficient (Wildman–Crippen LogP) is 2.04. The maximum absolute atomic E-state index is 5.86. The molecule has 0 spiro atoms. The smallest absolute Gasteiger partial charge is 0.0953 e. The molecule has 2 rings (SSSR count). The summed E-state index contributed by atoms with van der Waals surface area (Å²) in [5.74, 6) is 0. The molecular weight excluding hydrogens is 174 g/mol. The van der Waals surface area contributed by atoms with Gasteiger partial charge >= 0.3 is 0 Å². The van der Waals surface area contributed by atoms with E-state index in [0.717, 1.165) is 13.1 Å². The molecule has 1 aromatic rings. The van der Waals surface area contributed by atoms with E-state index in [1.54, 1.807) is 0 Å². The van der Waals surface area contributed by atoms with Crippen LogP contribution < -0.4 is 5.32 Å². The third kappa shape index (κ3) is 2.14. The van der Waals surface area contributed by atoms with Crippen LogP contribution in [-0.2, 0) is 4.74 Å². The van der Waals surface area contributed by atoms with Crippen LogP contribution in [0.1, 0.15) is 24.2 Å². The minimum Gasteiger partial charge on any atom is -0.368 e. The predicted molar refractivity (Wildman–Crippen MR) is 57.3 cm³/mol. The van der Waals surface area contributed by atoms with Crippen LogP contribution in [0.4, 0.5) is 0 Å². The molecule has 2 atom stereocenters. The molecule has 1 aromatic carbocycles. The lowest BCUT2D eigenvalue weighted by molar-refractivity contribution is -0.0287. The molecule has 0 amide bonds. The van der Waals surface area contributed by atoms with E-state index in [-0.39, 0.29) is 6.10 Å². The zero-order valence-corrected chi connectivity index (χ0v) is 8.79. The van der Waals surface area contributed by atoms with Crippen molar-refractivity contribution < 1.29 is 4.74 Å². The van der Waals surface area contributed by atoms with E-state index >= 15 is 0 Å². The summed E-state index contributed by atoms with van der Waals surface area (Å²) in [7, 11) is 0. The molecule has 2 heteroatoms. The van der Waals surface area contributed by atoms with Crippen molar-refractivity contribution in [3.05, 3.63) is 35.4 Å². The molecular formula is C12H17NO. The lowest BCUT2D eigenvalue weighted by atomic mass is 10.1. The zero-order chi connectivity index (χ0) is 9.97. The summed E-state index contributed by atoms with van der Waals surface area (Å²) in [5.41, 5.74) is 2.58. The minimum absolute atomic E-state index is 0.221.